The lowest BCUT2D eigenvalue weighted by molar-refractivity contribution is 0.300. The maximum Gasteiger partial charge on any atom is 0.114 e. The molecule has 4 heteroatoms. The van der Waals surface area contributed by atoms with Crippen LogP contribution in [0.1, 0.15) is 48.7 Å². The Labute approximate surface area is 118 Å². The van der Waals surface area contributed by atoms with E-state index in [0.717, 1.165) is 6.54 Å². The van der Waals surface area contributed by atoms with Gasteiger partial charge in [0.15, 0.2) is 0 Å². The number of fused-ring (bicyclic) bond motifs is 1. The van der Waals surface area contributed by atoms with Gasteiger partial charge in [-0.25, -0.2) is 4.98 Å². The van der Waals surface area contributed by atoms with E-state index < -0.39 is 0 Å². The summed E-state index contributed by atoms with van der Waals surface area (Å²) in [5, 5.41) is 5.79. The summed E-state index contributed by atoms with van der Waals surface area (Å²) >= 11 is 4.09. The zero-order valence-corrected chi connectivity index (χ0v) is 12.9. The van der Waals surface area contributed by atoms with E-state index >= 15 is 0 Å². The fourth-order valence-corrected chi connectivity index (χ4v) is 6.01. The summed E-state index contributed by atoms with van der Waals surface area (Å²) in [6, 6.07) is 0. The molecule has 0 bridgehead atoms. The Balaban J connectivity index is 1.96. The number of hydrogen-bond acceptors (Lipinski definition) is 4. The molecule has 3 rings (SSSR count). The predicted octanol–water partition coefficient (Wildman–Crippen LogP) is 3.35. The Morgan fingerprint density at radius 3 is 3.00 bits per heavy atom. The van der Waals surface area contributed by atoms with Crippen molar-refractivity contribution in [2.24, 2.45) is 0 Å². The number of rotatable bonds is 3. The highest BCUT2D eigenvalue weighted by Gasteiger charge is 2.42. The molecule has 0 aromatic carbocycles. The largest absolute Gasteiger partial charge is 0.305 e. The van der Waals surface area contributed by atoms with Crippen LogP contribution in [0.4, 0.5) is 0 Å². The molecule has 1 aromatic heterocycles. The number of thiazole rings is 1. The molecular weight excluding hydrogens is 260 g/mol. The summed E-state index contributed by atoms with van der Waals surface area (Å²) in [5.41, 5.74) is 1.54. The van der Waals surface area contributed by atoms with Gasteiger partial charge in [0, 0.05) is 10.1 Å². The topological polar surface area (TPSA) is 24.9 Å². The fraction of sp³-hybridized carbons (Fsp3) is 0.786. The van der Waals surface area contributed by atoms with E-state index in [1.165, 1.54) is 48.6 Å². The van der Waals surface area contributed by atoms with Crippen LogP contribution in [-0.2, 0) is 18.4 Å². The Kier molecular flexibility index (Phi) is 3.70. The van der Waals surface area contributed by atoms with Crippen LogP contribution in [0.25, 0.3) is 0 Å². The van der Waals surface area contributed by atoms with Crippen LogP contribution >= 0.6 is 23.1 Å². The highest BCUT2D eigenvalue weighted by molar-refractivity contribution is 8.00. The highest BCUT2D eigenvalue weighted by Crippen LogP contribution is 2.44. The summed E-state index contributed by atoms with van der Waals surface area (Å²) < 4.78 is 0. The van der Waals surface area contributed by atoms with Gasteiger partial charge in [-0.05, 0) is 44.4 Å². The Hall–Kier alpha value is -0.0600. The normalized spacial score (nSPS) is 31.6. The summed E-state index contributed by atoms with van der Waals surface area (Å²) in [6.07, 6.45) is 6.34. The van der Waals surface area contributed by atoms with Gasteiger partial charge >= 0.3 is 0 Å². The summed E-state index contributed by atoms with van der Waals surface area (Å²) in [4.78, 5) is 6.56. The number of hydrogen-bond donors (Lipinski definition) is 1. The smallest absolute Gasteiger partial charge is 0.114 e. The highest BCUT2D eigenvalue weighted by atomic mass is 32.2. The van der Waals surface area contributed by atoms with Crippen molar-refractivity contribution in [2.45, 2.75) is 56.7 Å². The molecule has 2 heterocycles. The van der Waals surface area contributed by atoms with Gasteiger partial charge in [0.2, 0.25) is 0 Å². The first-order chi connectivity index (χ1) is 8.76. The maximum absolute atomic E-state index is 5.00. The average molecular weight is 282 g/mol. The standard InChI is InChI=1S/C14H22N2S2/c1-3-15-14(8-5-9-17-10(14)2)13-16-11-6-4-7-12(11)18-13/h10,15H,3-9H2,1-2H3. The SMILES string of the molecule is CCNC1(c2nc3c(s2)CCC3)CCCSC1C. The second-order valence-corrected chi connectivity index (χ2v) is 7.89. The van der Waals surface area contributed by atoms with Crippen LogP contribution in [0.5, 0.6) is 0 Å². The molecule has 2 unspecified atom stereocenters. The molecule has 2 nitrogen and oxygen atoms in total. The van der Waals surface area contributed by atoms with Gasteiger partial charge in [-0.3, -0.25) is 0 Å². The lowest BCUT2D eigenvalue weighted by Gasteiger charge is -2.41. The van der Waals surface area contributed by atoms with Crippen LogP contribution < -0.4 is 5.32 Å². The van der Waals surface area contributed by atoms with Crippen LogP contribution in [-0.4, -0.2) is 22.5 Å². The van der Waals surface area contributed by atoms with E-state index in [4.69, 9.17) is 4.98 Å². The third-order valence-electron chi connectivity index (χ3n) is 4.25. The van der Waals surface area contributed by atoms with Gasteiger partial charge in [-0.1, -0.05) is 13.8 Å². The van der Waals surface area contributed by atoms with Crippen molar-refractivity contribution in [3.8, 4) is 0 Å². The minimum absolute atomic E-state index is 0.146. The van der Waals surface area contributed by atoms with Crippen molar-refractivity contribution >= 4 is 23.1 Å². The van der Waals surface area contributed by atoms with E-state index in [-0.39, 0.29) is 5.54 Å². The fourth-order valence-electron chi connectivity index (χ4n) is 3.24. The summed E-state index contributed by atoms with van der Waals surface area (Å²) in [5.74, 6) is 1.30. The molecule has 1 N–H and O–H groups in total. The third kappa shape index (κ3) is 2.02. The molecule has 100 valence electrons. The van der Waals surface area contributed by atoms with Gasteiger partial charge in [0.1, 0.15) is 5.01 Å². The van der Waals surface area contributed by atoms with Gasteiger partial charge in [-0.15, -0.1) is 11.3 Å². The molecule has 0 spiro atoms. The van der Waals surface area contributed by atoms with Gasteiger partial charge in [0.05, 0.1) is 11.2 Å². The van der Waals surface area contributed by atoms with Crippen molar-refractivity contribution in [2.75, 3.05) is 12.3 Å². The van der Waals surface area contributed by atoms with Crippen LogP contribution in [0.3, 0.4) is 0 Å². The molecule has 1 fully saturated rings. The second kappa shape index (κ2) is 5.14. The van der Waals surface area contributed by atoms with E-state index in [0.29, 0.717) is 5.25 Å². The van der Waals surface area contributed by atoms with Crippen molar-refractivity contribution in [1.29, 1.82) is 0 Å². The minimum atomic E-state index is 0.146. The first-order valence-corrected chi connectivity index (χ1v) is 8.98. The lowest BCUT2D eigenvalue weighted by Crippen LogP contribution is -2.51. The number of nitrogens with one attached hydrogen (secondary N) is 1. The zero-order valence-electron chi connectivity index (χ0n) is 11.3. The molecule has 1 aromatic rings. The van der Waals surface area contributed by atoms with E-state index in [1.54, 1.807) is 4.88 Å². The molecule has 0 amide bonds. The lowest BCUT2D eigenvalue weighted by atomic mass is 9.90. The van der Waals surface area contributed by atoms with Crippen molar-refractivity contribution in [1.82, 2.24) is 10.3 Å². The monoisotopic (exact) mass is 282 g/mol. The Morgan fingerprint density at radius 1 is 1.39 bits per heavy atom. The number of aryl methyl sites for hydroxylation is 2. The molecule has 2 aliphatic rings. The molecule has 1 aliphatic carbocycles. The predicted molar refractivity (Wildman–Crippen MR) is 80.6 cm³/mol. The van der Waals surface area contributed by atoms with E-state index in [9.17, 15) is 0 Å². The van der Waals surface area contributed by atoms with Crippen LogP contribution in [0.2, 0.25) is 0 Å². The first-order valence-electron chi connectivity index (χ1n) is 7.12. The Bertz CT molecular complexity index is 404. The van der Waals surface area contributed by atoms with Gasteiger partial charge < -0.3 is 5.32 Å². The summed E-state index contributed by atoms with van der Waals surface area (Å²) in [6.45, 7) is 5.63. The van der Waals surface area contributed by atoms with Gasteiger partial charge in [-0.2, -0.15) is 11.8 Å². The Morgan fingerprint density at radius 2 is 2.28 bits per heavy atom. The van der Waals surface area contributed by atoms with E-state index in [2.05, 4.69) is 30.9 Å². The molecule has 0 radical (unpaired) electrons. The third-order valence-corrected chi connectivity index (χ3v) is 7.01. The molecular formula is C14H22N2S2. The minimum Gasteiger partial charge on any atom is -0.305 e. The molecule has 1 saturated heterocycles. The van der Waals surface area contributed by atoms with Crippen LogP contribution in [0.15, 0.2) is 0 Å². The van der Waals surface area contributed by atoms with Crippen molar-refractivity contribution in [3.63, 3.8) is 0 Å². The van der Waals surface area contributed by atoms with Gasteiger partial charge in [0.25, 0.3) is 0 Å². The molecule has 0 saturated carbocycles. The first kappa shape index (κ1) is 12.9. The molecule has 18 heavy (non-hydrogen) atoms. The molecule has 2 atom stereocenters. The second-order valence-electron chi connectivity index (χ2n) is 5.36. The average Bonchev–Trinajstić information content (AvgIpc) is 2.93. The number of aromatic nitrogens is 1. The number of thioether (sulfide) groups is 1. The van der Waals surface area contributed by atoms with Crippen molar-refractivity contribution in [3.05, 3.63) is 15.6 Å². The quantitative estimate of drug-likeness (QED) is 0.920. The summed E-state index contributed by atoms with van der Waals surface area (Å²) in [7, 11) is 0. The van der Waals surface area contributed by atoms with Crippen LogP contribution in [0, 0.1) is 0 Å². The molecule has 1 aliphatic heterocycles. The number of nitrogens with zero attached hydrogens (tertiary/aromatic N) is 1. The maximum atomic E-state index is 5.00. The van der Waals surface area contributed by atoms with E-state index in [1.807, 2.05) is 11.3 Å². The van der Waals surface area contributed by atoms with Crippen molar-refractivity contribution < 1.29 is 0 Å². The zero-order chi connectivity index (χ0) is 12.6.